The molecule has 1 aromatic heterocycles. The Hall–Kier alpha value is -2.35. The van der Waals surface area contributed by atoms with E-state index < -0.39 is 28.6 Å². The van der Waals surface area contributed by atoms with Crippen LogP contribution in [0.15, 0.2) is 45.7 Å². The zero-order valence-electron chi connectivity index (χ0n) is 11.3. The van der Waals surface area contributed by atoms with Gasteiger partial charge in [-0.1, -0.05) is 12.1 Å². The summed E-state index contributed by atoms with van der Waals surface area (Å²) in [6.45, 7) is 0. The van der Waals surface area contributed by atoms with E-state index in [4.69, 9.17) is 0 Å². The summed E-state index contributed by atoms with van der Waals surface area (Å²) in [7, 11) is 0. The van der Waals surface area contributed by atoms with Gasteiger partial charge in [-0.15, -0.1) is 0 Å². The summed E-state index contributed by atoms with van der Waals surface area (Å²) in [5, 5.41) is 10.3. The number of aromatic nitrogens is 2. The van der Waals surface area contributed by atoms with E-state index in [1.54, 1.807) is 12.1 Å². The molecule has 0 radical (unpaired) electrons. The van der Waals surface area contributed by atoms with Gasteiger partial charge in [0.2, 0.25) is 0 Å². The Labute approximate surface area is 135 Å². The van der Waals surface area contributed by atoms with Gasteiger partial charge in [-0.05, 0) is 40.2 Å². The number of para-hydroxylation sites is 1. The van der Waals surface area contributed by atoms with Crippen molar-refractivity contribution in [2.75, 3.05) is 0 Å². The third-order valence-electron chi connectivity index (χ3n) is 3.28. The van der Waals surface area contributed by atoms with Gasteiger partial charge in [0.1, 0.15) is 11.6 Å². The largest absolute Gasteiger partial charge is 0.506 e. The van der Waals surface area contributed by atoms with Crippen molar-refractivity contribution in [3.05, 3.63) is 56.8 Å². The first-order valence-electron chi connectivity index (χ1n) is 6.37. The molecule has 0 amide bonds. The Bertz CT molecular complexity index is 967. The molecule has 1 heterocycles. The number of nitrogens with one attached hydrogen (secondary N) is 1. The van der Waals surface area contributed by atoms with Gasteiger partial charge in [-0.2, -0.15) is 13.2 Å². The lowest BCUT2D eigenvalue weighted by molar-refractivity contribution is -0.137. The van der Waals surface area contributed by atoms with Crippen molar-refractivity contribution >= 4 is 26.8 Å². The van der Waals surface area contributed by atoms with Crippen molar-refractivity contribution in [1.82, 2.24) is 9.97 Å². The van der Waals surface area contributed by atoms with Crippen molar-refractivity contribution in [1.29, 1.82) is 0 Å². The van der Waals surface area contributed by atoms with Gasteiger partial charge in [-0.3, -0.25) is 4.79 Å². The van der Waals surface area contributed by atoms with Gasteiger partial charge in [-0.25, -0.2) is 4.98 Å². The average molecular weight is 385 g/mol. The number of nitrogens with zero attached hydrogens (tertiary/aromatic N) is 1. The van der Waals surface area contributed by atoms with Gasteiger partial charge in [0.25, 0.3) is 5.56 Å². The lowest BCUT2D eigenvalue weighted by Crippen LogP contribution is -2.13. The van der Waals surface area contributed by atoms with Crippen LogP contribution >= 0.6 is 15.9 Å². The van der Waals surface area contributed by atoms with Gasteiger partial charge >= 0.3 is 6.18 Å². The highest BCUT2D eigenvalue weighted by Gasteiger charge is 2.36. The molecule has 0 unspecified atom stereocenters. The number of hydrogen-bond donors (Lipinski definition) is 2. The van der Waals surface area contributed by atoms with Gasteiger partial charge in [0.15, 0.2) is 0 Å². The van der Waals surface area contributed by atoms with Crippen molar-refractivity contribution in [3.63, 3.8) is 0 Å². The molecule has 3 aromatic rings. The van der Waals surface area contributed by atoms with Gasteiger partial charge < -0.3 is 10.1 Å². The smallest absolute Gasteiger partial charge is 0.417 e. The van der Waals surface area contributed by atoms with Crippen molar-refractivity contribution in [3.8, 4) is 17.1 Å². The van der Waals surface area contributed by atoms with E-state index in [9.17, 15) is 23.1 Å². The van der Waals surface area contributed by atoms with Crippen molar-refractivity contribution in [2.24, 2.45) is 0 Å². The lowest BCUT2D eigenvalue weighted by Gasteiger charge is -2.15. The summed E-state index contributed by atoms with van der Waals surface area (Å²) in [6.07, 6.45) is -4.71. The second kappa shape index (κ2) is 5.38. The fraction of sp³-hybridized carbons (Fsp3) is 0.0667. The molecule has 4 nitrogen and oxygen atoms in total. The molecule has 3 rings (SSSR count). The minimum atomic E-state index is -4.71. The fourth-order valence-electron chi connectivity index (χ4n) is 2.25. The molecule has 2 N–H and O–H groups in total. The van der Waals surface area contributed by atoms with Gasteiger partial charge in [0.05, 0.1) is 26.5 Å². The number of fused-ring (bicyclic) bond motifs is 1. The van der Waals surface area contributed by atoms with Crippen LogP contribution in [0, 0.1) is 0 Å². The van der Waals surface area contributed by atoms with E-state index in [0.29, 0.717) is 0 Å². The molecule has 0 aliphatic rings. The predicted molar refractivity (Wildman–Crippen MR) is 82.2 cm³/mol. The number of aromatic hydroxyl groups is 1. The molecule has 0 fully saturated rings. The molecule has 0 aliphatic carbocycles. The first-order valence-corrected chi connectivity index (χ1v) is 7.16. The van der Waals surface area contributed by atoms with Crippen LogP contribution in [0.2, 0.25) is 0 Å². The maximum atomic E-state index is 13.2. The zero-order chi connectivity index (χ0) is 16.8. The third-order valence-corrected chi connectivity index (χ3v) is 3.92. The number of hydrogen-bond acceptors (Lipinski definition) is 3. The lowest BCUT2D eigenvalue weighted by atomic mass is 10.0. The van der Waals surface area contributed by atoms with Crippen LogP contribution in [0.4, 0.5) is 13.2 Å². The topological polar surface area (TPSA) is 66.0 Å². The molecule has 8 heteroatoms. The molecule has 0 bridgehead atoms. The normalized spacial score (nSPS) is 11.8. The van der Waals surface area contributed by atoms with E-state index in [-0.39, 0.29) is 21.2 Å². The first-order chi connectivity index (χ1) is 10.8. The quantitative estimate of drug-likeness (QED) is 0.664. The van der Waals surface area contributed by atoms with Crippen LogP contribution in [0.1, 0.15) is 5.56 Å². The highest BCUT2D eigenvalue weighted by Crippen LogP contribution is 2.43. The molecular weight excluding hydrogens is 377 g/mol. The van der Waals surface area contributed by atoms with Crippen LogP contribution in [0.5, 0.6) is 5.75 Å². The standard InChI is InChI=1S/C15H8BrF3N2O2/c16-9-6-5-8(15(17,18)19)11(12(9)22)13-20-10-4-2-1-3-7(10)14(23)21-13/h1-6,22H,(H,20,21,23). The Kier molecular flexibility index (Phi) is 3.63. The van der Waals surface area contributed by atoms with Crippen LogP contribution in [-0.4, -0.2) is 15.1 Å². The van der Waals surface area contributed by atoms with E-state index in [1.165, 1.54) is 12.1 Å². The summed E-state index contributed by atoms with van der Waals surface area (Å²) >= 11 is 2.98. The summed E-state index contributed by atoms with van der Waals surface area (Å²) < 4.78 is 39.7. The molecule has 118 valence electrons. The highest BCUT2D eigenvalue weighted by atomic mass is 79.9. The minimum absolute atomic E-state index is 0.0660. The molecule has 0 saturated heterocycles. The average Bonchev–Trinajstić information content (AvgIpc) is 2.48. The monoisotopic (exact) mass is 384 g/mol. The Morgan fingerprint density at radius 2 is 1.83 bits per heavy atom. The van der Waals surface area contributed by atoms with E-state index in [2.05, 4.69) is 25.9 Å². The molecule has 0 aliphatic heterocycles. The Morgan fingerprint density at radius 1 is 1.13 bits per heavy atom. The van der Waals surface area contributed by atoms with Gasteiger partial charge in [0, 0.05) is 0 Å². The molecule has 0 atom stereocenters. The number of halogens is 4. The number of H-pyrrole nitrogens is 1. The van der Waals surface area contributed by atoms with Crippen LogP contribution in [-0.2, 0) is 6.18 Å². The fourth-order valence-corrected chi connectivity index (χ4v) is 2.58. The predicted octanol–water partition coefficient (Wildman–Crippen LogP) is 4.08. The summed E-state index contributed by atoms with van der Waals surface area (Å²) in [5.41, 5.74) is -2.01. The van der Waals surface area contributed by atoms with Crippen LogP contribution in [0.25, 0.3) is 22.3 Å². The minimum Gasteiger partial charge on any atom is -0.506 e. The zero-order valence-corrected chi connectivity index (χ0v) is 12.9. The first kappa shape index (κ1) is 15.5. The molecular formula is C15H8BrF3N2O2. The maximum Gasteiger partial charge on any atom is 0.417 e. The second-order valence-corrected chi connectivity index (χ2v) is 5.60. The highest BCUT2D eigenvalue weighted by molar-refractivity contribution is 9.10. The Morgan fingerprint density at radius 3 is 2.52 bits per heavy atom. The summed E-state index contributed by atoms with van der Waals surface area (Å²) in [4.78, 5) is 18.4. The van der Waals surface area contributed by atoms with E-state index >= 15 is 0 Å². The molecule has 23 heavy (non-hydrogen) atoms. The SMILES string of the molecule is O=c1[nH]c(-c2c(C(F)(F)F)ccc(Br)c2O)nc2ccccc12. The van der Waals surface area contributed by atoms with Crippen LogP contribution < -0.4 is 5.56 Å². The second-order valence-electron chi connectivity index (χ2n) is 4.75. The Balaban J connectivity index is 2.39. The van der Waals surface area contributed by atoms with Crippen LogP contribution in [0.3, 0.4) is 0 Å². The number of aromatic amines is 1. The van der Waals surface area contributed by atoms with Crippen molar-refractivity contribution in [2.45, 2.75) is 6.18 Å². The summed E-state index contributed by atoms with van der Waals surface area (Å²) in [6, 6.07) is 8.16. The van der Waals surface area contributed by atoms with E-state index in [0.717, 1.165) is 12.1 Å². The molecule has 0 saturated carbocycles. The third kappa shape index (κ3) is 2.70. The van der Waals surface area contributed by atoms with Crippen molar-refractivity contribution < 1.29 is 18.3 Å². The maximum absolute atomic E-state index is 13.2. The molecule has 2 aromatic carbocycles. The number of benzene rings is 2. The number of alkyl halides is 3. The summed E-state index contributed by atoms with van der Waals surface area (Å²) in [5.74, 6) is -0.988. The molecule has 0 spiro atoms. The number of phenolic OH excluding ortho intramolecular Hbond substituents is 1. The number of phenols is 1. The number of rotatable bonds is 1. The van der Waals surface area contributed by atoms with E-state index in [1.807, 2.05) is 0 Å².